The summed E-state index contributed by atoms with van der Waals surface area (Å²) in [5.74, 6) is 0.157. The number of rotatable bonds is 2. The molecular formula is C9H11BrN3O3. The van der Waals surface area contributed by atoms with Gasteiger partial charge >= 0.3 is 5.69 Å². The van der Waals surface area contributed by atoms with Crippen molar-refractivity contribution in [1.82, 2.24) is 9.55 Å². The van der Waals surface area contributed by atoms with E-state index in [2.05, 4.69) is 20.9 Å². The van der Waals surface area contributed by atoms with Gasteiger partial charge in [-0.3, -0.25) is 4.57 Å². The first-order chi connectivity index (χ1) is 7.61. The Kier molecular flexibility index (Phi) is 3.27. The lowest BCUT2D eigenvalue weighted by atomic mass is 10.2. The molecule has 0 amide bonds. The van der Waals surface area contributed by atoms with Crippen LogP contribution in [0, 0.1) is 6.61 Å². The molecule has 6 nitrogen and oxygen atoms in total. The van der Waals surface area contributed by atoms with Gasteiger partial charge in [0.05, 0.1) is 10.6 Å². The number of ether oxygens (including phenoxy) is 1. The van der Waals surface area contributed by atoms with E-state index >= 15 is 0 Å². The van der Waals surface area contributed by atoms with Crippen LogP contribution < -0.4 is 11.4 Å². The lowest BCUT2D eigenvalue weighted by Gasteiger charge is -2.14. The number of hydrogen-bond acceptors (Lipinski definition) is 5. The monoisotopic (exact) mass is 288 g/mol. The second-order valence-electron chi connectivity index (χ2n) is 3.52. The number of nitrogens with two attached hydrogens (primary N) is 1. The van der Waals surface area contributed by atoms with Crippen LogP contribution in [0.15, 0.2) is 15.5 Å². The average Bonchev–Trinajstić information content (AvgIpc) is 2.71. The molecule has 1 aliphatic rings. The molecule has 1 aromatic heterocycles. The van der Waals surface area contributed by atoms with Gasteiger partial charge in [0.15, 0.2) is 0 Å². The number of hydrogen-bond donors (Lipinski definition) is 2. The molecule has 0 aliphatic carbocycles. The summed E-state index contributed by atoms with van der Waals surface area (Å²) in [6, 6.07) is 0. The minimum atomic E-state index is -0.454. The van der Waals surface area contributed by atoms with Gasteiger partial charge in [-0.25, -0.2) is 4.79 Å². The Morgan fingerprint density at radius 2 is 2.44 bits per heavy atom. The van der Waals surface area contributed by atoms with Crippen molar-refractivity contribution in [1.29, 1.82) is 0 Å². The molecule has 0 spiro atoms. The zero-order valence-corrected chi connectivity index (χ0v) is 9.92. The van der Waals surface area contributed by atoms with Crippen molar-refractivity contribution in [3.05, 3.63) is 27.8 Å². The third kappa shape index (κ3) is 2.11. The molecule has 1 aliphatic heterocycles. The predicted octanol–water partition coefficient (Wildman–Crippen LogP) is 0.800. The van der Waals surface area contributed by atoms with Gasteiger partial charge in [-0.2, -0.15) is 4.98 Å². The molecule has 1 saturated heterocycles. The van der Waals surface area contributed by atoms with Crippen LogP contribution in [0.2, 0.25) is 0 Å². The Balaban J connectivity index is 2.28. The van der Waals surface area contributed by atoms with E-state index in [9.17, 15) is 4.79 Å². The minimum Gasteiger partial charge on any atom is -0.388 e. The zero-order chi connectivity index (χ0) is 11.7. The highest BCUT2D eigenvalue weighted by molar-refractivity contribution is 9.10. The Hall–Kier alpha value is -0.920. The SMILES string of the molecule is Nc1nc(=O)n([C@H]2CC[C@@H]([CH]O)O2)cc1Br. The first-order valence-corrected chi connectivity index (χ1v) is 5.58. The Morgan fingerprint density at radius 3 is 3.06 bits per heavy atom. The Labute approximate surface area is 100 Å². The Morgan fingerprint density at radius 1 is 1.69 bits per heavy atom. The van der Waals surface area contributed by atoms with Gasteiger partial charge in [-0.1, -0.05) is 0 Å². The maximum atomic E-state index is 11.6. The summed E-state index contributed by atoms with van der Waals surface area (Å²) in [4.78, 5) is 15.2. The van der Waals surface area contributed by atoms with E-state index in [0.717, 1.165) is 6.61 Å². The van der Waals surface area contributed by atoms with Gasteiger partial charge in [0.1, 0.15) is 18.7 Å². The van der Waals surface area contributed by atoms with E-state index in [1.165, 1.54) is 4.57 Å². The number of aliphatic hydroxyl groups excluding tert-OH is 1. The summed E-state index contributed by atoms with van der Waals surface area (Å²) >= 11 is 3.20. The quantitative estimate of drug-likeness (QED) is 0.840. The molecule has 1 fully saturated rings. The van der Waals surface area contributed by atoms with Crippen LogP contribution >= 0.6 is 15.9 Å². The van der Waals surface area contributed by atoms with Crippen LogP contribution in [0.4, 0.5) is 5.82 Å². The van der Waals surface area contributed by atoms with Gasteiger partial charge in [0, 0.05) is 6.20 Å². The molecule has 16 heavy (non-hydrogen) atoms. The number of aromatic nitrogens is 2. The molecule has 0 saturated carbocycles. The standard InChI is InChI=1S/C9H11BrN3O3/c10-6-3-13(9(15)12-8(6)11)7-2-1-5(4-14)16-7/h3-5,7,14H,1-2H2,(H2,11,12,15)/t5-,7+/m0/s1. The third-order valence-corrected chi connectivity index (χ3v) is 3.05. The highest BCUT2D eigenvalue weighted by Gasteiger charge is 2.27. The van der Waals surface area contributed by atoms with Crippen LogP contribution in [-0.4, -0.2) is 20.8 Å². The summed E-state index contributed by atoms with van der Waals surface area (Å²) in [6.07, 6.45) is 2.16. The van der Waals surface area contributed by atoms with Crippen molar-refractivity contribution in [3.8, 4) is 0 Å². The van der Waals surface area contributed by atoms with E-state index in [4.69, 9.17) is 15.6 Å². The first-order valence-electron chi connectivity index (χ1n) is 4.79. The molecule has 3 N–H and O–H groups in total. The molecule has 1 aromatic rings. The lowest BCUT2D eigenvalue weighted by molar-refractivity contribution is -0.00424. The van der Waals surface area contributed by atoms with Gasteiger partial charge in [0.25, 0.3) is 0 Å². The first kappa shape index (κ1) is 11.6. The normalized spacial score (nSPS) is 24.9. The van der Waals surface area contributed by atoms with Gasteiger partial charge < -0.3 is 15.6 Å². The summed E-state index contributed by atoms with van der Waals surface area (Å²) < 4.78 is 7.34. The van der Waals surface area contributed by atoms with E-state index in [-0.39, 0.29) is 11.9 Å². The fourth-order valence-electron chi connectivity index (χ4n) is 1.62. The van der Waals surface area contributed by atoms with Crippen molar-refractivity contribution in [3.63, 3.8) is 0 Å². The summed E-state index contributed by atoms with van der Waals surface area (Å²) in [6.45, 7) is 0.991. The highest BCUT2D eigenvalue weighted by Crippen LogP contribution is 2.28. The molecule has 0 aromatic carbocycles. The van der Waals surface area contributed by atoms with Crippen molar-refractivity contribution in [2.45, 2.75) is 25.2 Å². The number of aliphatic hydroxyl groups is 1. The van der Waals surface area contributed by atoms with Crippen molar-refractivity contribution >= 4 is 21.7 Å². The van der Waals surface area contributed by atoms with E-state index in [0.29, 0.717) is 17.3 Å². The summed E-state index contributed by atoms with van der Waals surface area (Å²) in [7, 11) is 0. The predicted molar refractivity (Wildman–Crippen MR) is 60.0 cm³/mol. The number of anilines is 1. The fourth-order valence-corrected chi connectivity index (χ4v) is 1.93. The van der Waals surface area contributed by atoms with Gasteiger partial charge in [0.2, 0.25) is 0 Å². The van der Waals surface area contributed by atoms with Crippen LogP contribution in [-0.2, 0) is 4.74 Å². The number of halogens is 1. The Bertz CT molecular complexity index is 448. The van der Waals surface area contributed by atoms with Crippen molar-refractivity contribution in [2.75, 3.05) is 5.73 Å². The largest absolute Gasteiger partial charge is 0.388 e. The van der Waals surface area contributed by atoms with Gasteiger partial charge in [-0.05, 0) is 28.8 Å². The molecule has 2 atom stereocenters. The summed E-state index contributed by atoms with van der Waals surface area (Å²) in [5, 5.41) is 8.82. The average molecular weight is 289 g/mol. The topological polar surface area (TPSA) is 90.4 Å². The zero-order valence-electron chi connectivity index (χ0n) is 8.34. The van der Waals surface area contributed by atoms with Crippen LogP contribution in [0.1, 0.15) is 19.1 Å². The second-order valence-corrected chi connectivity index (χ2v) is 4.37. The number of nitrogens with zero attached hydrogens (tertiary/aromatic N) is 2. The van der Waals surface area contributed by atoms with Crippen molar-refractivity contribution < 1.29 is 9.84 Å². The molecule has 0 unspecified atom stereocenters. The minimum absolute atomic E-state index is 0.157. The number of nitrogen functional groups attached to an aromatic ring is 1. The van der Waals surface area contributed by atoms with E-state index in [1.807, 2.05) is 0 Å². The van der Waals surface area contributed by atoms with Crippen LogP contribution in [0.5, 0.6) is 0 Å². The van der Waals surface area contributed by atoms with E-state index < -0.39 is 11.9 Å². The van der Waals surface area contributed by atoms with Gasteiger partial charge in [-0.15, -0.1) is 0 Å². The van der Waals surface area contributed by atoms with Crippen LogP contribution in [0.25, 0.3) is 0 Å². The third-order valence-electron chi connectivity index (χ3n) is 2.44. The highest BCUT2D eigenvalue weighted by atomic mass is 79.9. The fraction of sp³-hybridized carbons (Fsp3) is 0.444. The summed E-state index contributed by atoms with van der Waals surface area (Å²) in [5.41, 5.74) is 5.03. The van der Waals surface area contributed by atoms with Crippen LogP contribution in [0.3, 0.4) is 0 Å². The molecule has 0 bridgehead atoms. The van der Waals surface area contributed by atoms with Crippen molar-refractivity contribution in [2.24, 2.45) is 0 Å². The molecular weight excluding hydrogens is 278 g/mol. The second kappa shape index (κ2) is 4.52. The maximum Gasteiger partial charge on any atom is 0.351 e. The molecule has 2 rings (SSSR count). The molecule has 7 heteroatoms. The van der Waals surface area contributed by atoms with E-state index in [1.54, 1.807) is 6.20 Å². The molecule has 87 valence electrons. The molecule has 2 heterocycles. The smallest absolute Gasteiger partial charge is 0.351 e. The lowest BCUT2D eigenvalue weighted by Crippen LogP contribution is -2.28. The molecule has 1 radical (unpaired) electrons. The maximum absolute atomic E-state index is 11.6.